The second-order valence-electron chi connectivity index (χ2n) is 7.03. The lowest BCUT2D eigenvalue weighted by molar-refractivity contribution is -0.121. The molecule has 0 bridgehead atoms. The van der Waals surface area contributed by atoms with Gasteiger partial charge in [0.25, 0.3) is 5.91 Å². The summed E-state index contributed by atoms with van der Waals surface area (Å²) in [5, 5.41) is 12.2. The summed E-state index contributed by atoms with van der Waals surface area (Å²) in [5.41, 5.74) is 9.59. The predicted octanol–water partition coefficient (Wildman–Crippen LogP) is 3.30. The molecule has 0 saturated carbocycles. The van der Waals surface area contributed by atoms with Crippen molar-refractivity contribution in [2.45, 2.75) is 27.3 Å². The number of carbonyl (C=O) groups excluding carboxylic acids is 1. The zero-order valence-corrected chi connectivity index (χ0v) is 16.6. The largest absolute Gasteiger partial charge is 0.318 e. The number of aryl methyl sites for hydroxylation is 2. The number of amides is 1. The third-order valence-corrected chi connectivity index (χ3v) is 4.87. The van der Waals surface area contributed by atoms with Crippen molar-refractivity contribution in [3.05, 3.63) is 77.1 Å². The topological polar surface area (TPSA) is 77.1 Å². The normalized spacial score (nSPS) is 11.4. The highest BCUT2D eigenvalue weighted by atomic mass is 16.2. The lowest BCUT2D eigenvalue weighted by Crippen LogP contribution is -2.23. The van der Waals surface area contributed by atoms with E-state index in [9.17, 15) is 4.79 Å². The Morgan fingerprint density at radius 2 is 1.86 bits per heavy atom. The number of nitrogens with one attached hydrogen (secondary N) is 1. The van der Waals surface area contributed by atoms with Gasteiger partial charge in [0.15, 0.2) is 0 Å². The standard InChI is InChI=1S/C22H22N6O/c1-15-8-10-19(11-9-15)28-16(2)12-18(17(28)3)13-23-25-22(29)14-27-21-7-5-4-6-20(21)24-26-27/h4-13H,14H2,1-3H3,(H,25,29)/b23-13-. The van der Waals surface area contributed by atoms with Crippen LogP contribution in [0.3, 0.4) is 0 Å². The lowest BCUT2D eigenvalue weighted by Gasteiger charge is -2.09. The number of hydrogen-bond acceptors (Lipinski definition) is 4. The molecule has 4 rings (SSSR count). The molecule has 2 aromatic heterocycles. The van der Waals surface area contributed by atoms with E-state index in [0.717, 1.165) is 33.7 Å². The highest BCUT2D eigenvalue weighted by Crippen LogP contribution is 2.20. The van der Waals surface area contributed by atoms with Crippen LogP contribution in [0.2, 0.25) is 0 Å². The molecule has 0 atom stereocenters. The van der Waals surface area contributed by atoms with Crippen LogP contribution in [0.15, 0.2) is 59.7 Å². The number of nitrogens with zero attached hydrogens (tertiary/aromatic N) is 5. The molecule has 1 amide bonds. The molecule has 0 aliphatic carbocycles. The van der Waals surface area contributed by atoms with E-state index in [1.807, 2.05) is 31.2 Å². The number of para-hydroxylation sites is 1. The molecule has 0 unspecified atom stereocenters. The van der Waals surface area contributed by atoms with E-state index in [4.69, 9.17) is 0 Å². The number of benzene rings is 2. The van der Waals surface area contributed by atoms with Crippen LogP contribution in [0.25, 0.3) is 16.7 Å². The molecule has 0 saturated heterocycles. The van der Waals surface area contributed by atoms with E-state index in [0.29, 0.717) is 0 Å². The van der Waals surface area contributed by atoms with Crippen LogP contribution in [0, 0.1) is 20.8 Å². The first kappa shape index (κ1) is 18.6. The molecule has 146 valence electrons. The van der Waals surface area contributed by atoms with E-state index in [2.05, 4.69) is 69.6 Å². The van der Waals surface area contributed by atoms with Crippen LogP contribution in [0.5, 0.6) is 0 Å². The monoisotopic (exact) mass is 386 g/mol. The van der Waals surface area contributed by atoms with Gasteiger partial charge in [-0.3, -0.25) is 4.79 Å². The average Bonchev–Trinajstić information content (AvgIpc) is 3.23. The molecule has 7 nitrogen and oxygen atoms in total. The Bertz CT molecular complexity index is 1200. The second-order valence-corrected chi connectivity index (χ2v) is 7.03. The van der Waals surface area contributed by atoms with Gasteiger partial charge in [-0.15, -0.1) is 5.10 Å². The predicted molar refractivity (Wildman–Crippen MR) is 113 cm³/mol. The van der Waals surface area contributed by atoms with E-state index in [-0.39, 0.29) is 12.5 Å². The minimum atomic E-state index is -0.260. The number of hydrazone groups is 1. The maximum absolute atomic E-state index is 12.2. The Labute approximate surface area is 168 Å². The molecule has 0 aliphatic heterocycles. The smallest absolute Gasteiger partial charge is 0.261 e. The van der Waals surface area contributed by atoms with Crippen molar-refractivity contribution in [1.29, 1.82) is 0 Å². The fraction of sp³-hybridized carbons (Fsp3) is 0.182. The fourth-order valence-corrected chi connectivity index (χ4v) is 3.39. The van der Waals surface area contributed by atoms with Crippen LogP contribution < -0.4 is 5.43 Å². The zero-order chi connectivity index (χ0) is 20.4. The summed E-state index contributed by atoms with van der Waals surface area (Å²) in [6.45, 7) is 6.22. The highest BCUT2D eigenvalue weighted by Gasteiger charge is 2.10. The van der Waals surface area contributed by atoms with Crippen LogP contribution in [0.4, 0.5) is 0 Å². The molecule has 2 heterocycles. The van der Waals surface area contributed by atoms with Gasteiger partial charge in [0.1, 0.15) is 12.1 Å². The average molecular weight is 386 g/mol. The van der Waals surface area contributed by atoms with Crippen molar-refractivity contribution in [3.8, 4) is 5.69 Å². The van der Waals surface area contributed by atoms with Gasteiger partial charge < -0.3 is 4.57 Å². The Morgan fingerprint density at radius 1 is 1.10 bits per heavy atom. The molecule has 0 fully saturated rings. The Hall–Kier alpha value is -3.74. The molecule has 4 aromatic rings. The van der Waals surface area contributed by atoms with Crippen LogP contribution in [-0.4, -0.2) is 31.7 Å². The van der Waals surface area contributed by atoms with Crippen LogP contribution in [0.1, 0.15) is 22.5 Å². The maximum Gasteiger partial charge on any atom is 0.261 e. The van der Waals surface area contributed by atoms with Crippen molar-refractivity contribution in [3.63, 3.8) is 0 Å². The molecule has 29 heavy (non-hydrogen) atoms. The van der Waals surface area contributed by atoms with Crippen molar-refractivity contribution in [2.75, 3.05) is 0 Å². The number of fused-ring (bicyclic) bond motifs is 1. The Balaban J connectivity index is 1.46. The zero-order valence-electron chi connectivity index (χ0n) is 16.6. The molecule has 0 aliphatic rings. The minimum Gasteiger partial charge on any atom is -0.318 e. The summed E-state index contributed by atoms with van der Waals surface area (Å²) in [5.74, 6) is -0.260. The van der Waals surface area contributed by atoms with Gasteiger partial charge in [0.2, 0.25) is 0 Å². The van der Waals surface area contributed by atoms with E-state index in [1.54, 1.807) is 10.9 Å². The second kappa shape index (κ2) is 7.71. The summed E-state index contributed by atoms with van der Waals surface area (Å²) < 4.78 is 3.73. The first-order valence-electron chi connectivity index (χ1n) is 9.39. The first-order valence-corrected chi connectivity index (χ1v) is 9.39. The third-order valence-electron chi connectivity index (χ3n) is 4.87. The third kappa shape index (κ3) is 3.80. The van der Waals surface area contributed by atoms with Crippen LogP contribution >= 0.6 is 0 Å². The van der Waals surface area contributed by atoms with Gasteiger partial charge >= 0.3 is 0 Å². The van der Waals surface area contributed by atoms with Gasteiger partial charge in [-0.25, -0.2) is 10.1 Å². The Morgan fingerprint density at radius 3 is 2.66 bits per heavy atom. The highest BCUT2D eigenvalue weighted by molar-refractivity contribution is 5.84. The van der Waals surface area contributed by atoms with E-state index in [1.165, 1.54) is 5.56 Å². The molecule has 0 spiro atoms. The summed E-state index contributed by atoms with van der Waals surface area (Å²) in [6, 6.07) is 18.0. The van der Waals surface area contributed by atoms with Gasteiger partial charge in [-0.2, -0.15) is 5.10 Å². The maximum atomic E-state index is 12.2. The van der Waals surface area contributed by atoms with Crippen molar-refractivity contribution < 1.29 is 4.79 Å². The van der Waals surface area contributed by atoms with Gasteiger partial charge in [0.05, 0.1) is 11.7 Å². The summed E-state index contributed by atoms with van der Waals surface area (Å²) >= 11 is 0. The molecular formula is C22H22N6O. The van der Waals surface area contributed by atoms with Crippen molar-refractivity contribution in [2.24, 2.45) is 5.10 Å². The van der Waals surface area contributed by atoms with Crippen molar-refractivity contribution in [1.82, 2.24) is 25.0 Å². The molecule has 2 aromatic carbocycles. The first-order chi connectivity index (χ1) is 14.0. The molecular weight excluding hydrogens is 364 g/mol. The summed E-state index contributed by atoms with van der Waals surface area (Å²) in [7, 11) is 0. The quantitative estimate of drug-likeness (QED) is 0.422. The SMILES string of the molecule is Cc1ccc(-n2c(C)cc(/C=N\NC(=O)Cn3nnc4ccccc43)c2C)cc1. The van der Waals surface area contributed by atoms with E-state index >= 15 is 0 Å². The molecule has 0 radical (unpaired) electrons. The fourth-order valence-electron chi connectivity index (χ4n) is 3.39. The van der Waals surface area contributed by atoms with Crippen molar-refractivity contribution >= 4 is 23.2 Å². The van der Waals surface area contributed by atoms with Gasteiger partial charge in [-0.1, -0.05) is 35.0 Å². The van der Waals surface area contributed by atoms with Crippen LogP contribution in [-0.2, 0) is 11.3 Å². The summed E-state index contributed by atoms with van der Waals surface area (Å²) in [4.78, 5) is 12.2. The summed E-state index contributed by atoms with van der Waals surface area (Å²) in [6.07, 6.45) is 1.67. The number of hydrogen-bond donors (Lipinski definition) is 1. The number of rotatable bonds is 5. The number of aromatic nitrogens is 4. The molecule has 1 N–H and O–H groups in total. The Kier molecular flexibility index (Phi) is 4.95. The minimum absolute atomic E-state index is 0.0558. The van der Waals surface area contributed by atoms with E-state index < -0.39 is 0 Å². The lowest BCUT2D eigenvalue weighted by atomic mass is 10.2. The van der Waals surface area contributed by atoms with Gasteiger partial charge in [0, 0.05) is 22.6 Å². The van der Waals surface area contributed by atoms with Gasteiger partial charge in [-0.05, 0) is 51.1 Å². The molecule has 7 heteroatoms. The number of carbonyl (C=O) groups is 1.